The standard InChI is InChI=1S/C25H29FN4O4S/c1-5-33-23(31)18-14-35-22(27-18)19-20(15-6-8-17(26)9-7-15)28-29-21(19)16-10-12-30(13-11-16)24(32)34-25(2,3)4/h6-9,14,16H,5,10-13H2,1-4H3,(H,28,29). The number of piperidine rings is 1. The molecule has 0 unspecified atom stereocenters. The molecule has 0 saturated carbocycles. The van der Waals surface area contributed by atoms with Crippen molar-refractivity contribution in [3.8, 4) is 21.8 Å². The maximum atomic E-state index is 13.6. The summed E-state index contributed by atoms with van der Waals surface area (Å²) in [5.74, 6) is -0.714. The average molecular weight is 501 g/mol. The Balaban J connectivity index is 1.64. The van der Waals surface area contributed by atoms with Gasteiger partial charge >= 0.3 is 12.1 Å². The van der Waals surface area contributed by atoms with Gasteiger partial charge in [-0.25, -0.2) is 19.0 Å². The molecule has 10 heteroatoms. The fourth-order valence-corrected chi connectivity index (χ4v) is 4.90. The predicted molar refractivity (Wildman–Crippen MR) is 131 cm³/mol. The van der Waals surface area contributed by atoms with E-state index in [4.69, 9.17) is 9.47 Å². The number of benzene rings is 1. The highest BCUT2D eigenvalue weighted by atomic mass is 32.1. The molecule has 1 aliphatic rings. The van der Waals surface area contributed by atoms with Gasteiger partial charge in [0, 0.05) is 35.6 Å². The zero-order chi connectivity index (χ0) is 25.2. The second-order valence-corrected chi connectivity index (χ2v) is 10.2. The van der Waals surface area contributed by atoms with E-state index in [1.165, 1.54) is 23.5 Å². The number of aromatic nitrogens is 3. The number of ether oxygens (including phenoxy) is 2. The van der Waals surface area contributed by atoms with Crippen molar-refractivity contribution in [2.24, 2.45) is 0 Å². The first-order chi connectivity index (χ1) is 16.7. The van der Waals surface area contributed by atoms with E-state index in [0.717, 1.165) is 16.8 Å². The number of carbonyl (C=O) groups excluding carboxylic acids is 2. The molecule has 0 spiro atoms. The molecule has 1 fully saturated rings. The van der Waals surface area contributed by atoms with Crippen LogP contribution in [0, 0.1) is 5.82 Å². The Morgan fingerprint density at radius 2 is 1.89 bits per heavy atom. The fraction of sp³-hybridized carbons (Fsp3) is 0.440. The summed E-state index contributed by atoms with van der Waals surface area (Å²) in [5, 5.41) is 10.0. The lowest BCUT2D eigenvalue weighted by Crippen LogP contribution is -2.41. The summed E-state index contributed by atoms with van der Waals surface area (Å²) < 4.78 is 24.2. The molecule has 0 bridgehead atoms. The van der Waals surface area contributed by atoms with Crippen molar-refractivity contribution in [2.75, 3.05) is 19.7 Å². The third-order valence-corrected chi connectivity index (χ3v) is 6.53. The highest BCUT2D eigenvalue weighted by molar-refractivity contribution is 7.13. The van der Waals surface area contributed by atoms with Crippen molar-refractivity contribution < 1.29 is 23.5 Å². The number of amides is 1. The van der Waals surface area contributed by atoms with Crippen LogP contribution in [0.4, 0.5) is 9.18 Å². The fourth-order valence-electron chi connectivity index (χ4n) is 4.05. The highest BCUT2D eigenvalue weighted by Gasteiger charge is 2.31. The van der Waals surface area contributed by atoms with Crippen molar-refractivity contribution in [1.82, 2.24) is 20.1 Å². The molecule has 1 aliphatic heterocycles. The number of hydrogen-bond acceptors (Lipinski definition) is 7. The molecule has 4 rings (SSSR count). The molecule has 2 aromatic heterocycles. The molecule has 1 N–H and O–H groups in total. The number of rotatable bonds is 5. The number of esters is 1. The van der Waals surface area contributed by atoms with Crippen LogP contribution in [0.3, 0.4) is 0 Å². The van der Waals surface area contributed by atoms with Gasteiger partial charge in [-0.3, -0.25) is 5.10 Å². The maximum absolute atomic E-state index is 13.6. The molecule has 8 nitrogen and oxygen atoms in total. The van der Waals surface area contributed by atoms with E-state index >= 15 is 0 Å². The van der Waals surface area contributed by atoms with Gasteiger partial charge in [0.25, 0.3) is 0 Å². The quantitative estimate of drug-likeness (QED) is 0.456. The Morgan fingerprint density at radius 1 is 1.20 bits per heavy atom. The highest BCUT2D eigenvalue weighted by Crippen LogP contribution is 2.41. The second kappa shape index (κ2) is 10.2. The monoisotopic (exact) mass is 500 g/mol. The summed E-state index contributed by atoms with van der Waals surface area (Å²) in [7, 11) is 0. The van der Waals surface area contributed by atoms with Crippen LogP contribution >= 0.6 is 11.3 Å². The number of carbonyl (C=O) groups is 2. The van der Waals surface area contributed by atoms with Crippen LogP contribution in [-0.2, 0) is 9.47 Å². The molecule has 3 aromatic rings. The number of hydrogen-bond donors (Lipinski definition) is 1. The van der Waals surface area contributed by atoms with E-state index in [9.17, 15) is 14.0 Å². The molecule has 0 atom stereocenters. The van der Waals surface area contributed by atoms with E-state index in [-0.39, 0.29) is 30.1 Å². The van der Waals surface area contributed by atoms with Crippen LogP contribution in [0.1, 0.15) is 62.6 Å². The molecule has 186 valence electrons. The van der Waals surface area contributed by atoms with Crippen LogP contribution in [-0.4, -0.2) is 57.4 Å². The van der Waals surface area contributed by atoms with Gasteiger partial charge in [-0.1, -0.05) is 0 Å². The largest absolute Gasteiger partial charge is 0.461 e. The van der Waals surface area contributed by atoms with Crippen LogP contribution in [0.15, 0.2) is 29.6 Å². The van der Waals surface area contributed by atoms with E-state index in [1.54, 1.807) is 29.3 Å². The summed E-state index contributed by atoms with van der Waals surface area (Å²) >= 11 is 1.33. The molecule has 35 heavy (non-hydrogen) atoms. The number of nitrogens with zero attached hydrogens (tertiary/aromatic N) is 3. The Hall–Kier alpha value is -3.27. The minimum Gasteiger partial charge on any atom is -0.461 e. The number of likely N-dealkylation sites (tertiary alicyclic amines) is 1. The first-order valence-corrected chi connectivity index (χ1v) is 12.5. The zero-order valence-electron chi connectivity index (χ0n) is 20.3. The van der Waals surface area contributed by atoms with Crippen LogP contribution < -0.4 is 0 Å². The van der Waals surface area contributed by atoms with E-state index in [0.29, 0.717) is 36.6 Å². The molecule has 0 radical (unpaired) electrons. The number of thiazole rings is 1. The van der Waals surface area contributed by atoms with E-state index in [2.05, 4.69) is 15.2 Å². The van der Waals surface area contributed by atoms with Gasteiger partial charge < -0.3 is 14.4 Å². The Kier molecular flexibility index (Phi) is 7.20. The summed E-state index contributed by atoms with van der Waals surface area (Å²) in [4.78, 5) is 31.0. The smallest absolute Gasteiger partial charge is 0.410 e. The van der Waals surface area contributed by atoms with Gasteiger partial charge in [-0.15, -0.1) is 11.3 Å². The molecule has 1 amide bonds. The van der Waals surface area contributed by atoms with Gasteiger partial charge in [0.15, 0.2) is 5.69 Å². The minimum absolute atomic E-state index is 0.0975. The summed E-state index contributed by atoms with van der Waals surface area (Å²) in [6, 6.07) is 6.12. The number of H-pyrrole nitrogens is 1. The second-order valence-electron chi connectivity index (χ2n) is 9.37. The van der Waals surface area contributed by atoms with Gasteiger partial charge in [-0.05, 0) is 64.8 Å². The lowest BCUT2D eigenvalue weighted by Gasteiger charge is -2.33. The first kappa shape index (κ1) is 24.8. The molecule has 1 saturated heterocycles. The van der Waals surface area contributed by atoms with Crippen molar-refractivity contribution >= 4 is 23.4 Å². The SMILES string of the molecule is CCOC(=O)c1csc(-c2c(-c3ccc(F)cc3)n[nH]c2C2CCN(C(=O)OC(C)(C)C)CC2)n1. The van der Waals surface area contributed by atoms with E-state index in [1.807, 2.05) is 20.8 Å². The van der Waals surface area contributed by atoms with Crippen molar-refractivity contribution in [1.29, 1.82) is 0 Å². The van der Waals surface area contributed by atoms with Gasteiger partial charge in [0.2, 0.25) is 0 Å². The lowest BCUT2D eigenvalue weighted by molar-refractivity contribution is 0.0204. The third kappa shape index (κ3) is 5.70. The van der Waals surface area contributed by atoms with Gasteiger partial charge in [0.05, 0.1) is 12.2 Å². The van der Waals surface area contributed by atoms with Crippen LogP contribution in [0.25, 0.3) is 21.8 Å². The summed E-state index contributed by atoms with van der Waals surface area (Å²) in [6.45, 7) is 8.67. The van der Waals surface area contributed by atoms with Crippen molar-refractivity contribution in [2.45, 2.75) is 52.1 Å². The average Bonchev–Trinajstić information content (AvgIpc) is 3.46. The van der Waals surface area contributed by atoms with Crippen molar-refractivity contribution in [3.63, 3.8) is 0 Å². The Morgan fingerprint density at radius 3 is 2.51 bits per heavy atom. The van der Waals surface area contributed by atoms with Crippen molar-refractivity contribution in [3.05, 3.63) is 46.9 Å². The van der Waals surface area contributed by atoms with E-state index < -0.39 is 11.6 Å². The maximum Gasteiger partial charge on any atom is 0.410 e. The molecule has 3 heterocycles. The predicted octanol–water partition coefficient (Wildman–Crippen LogP) is 5.63. The third-order valence-electron chi connectivity index (χ3n) is 5.67. The molecule has 0 aliphatic carbocycles. The normalized spacial score (nSPS) is 14.7. The zero-order valence-corrected chi connectivity index (χ0v) is 21.1. The van der Waals surface area contributed by atoms with Gasteiger partial charge in [0.1, 0.15) is 22.1 Å². The van der Waals surface area contributed by atoms with Gasteiger partial charge in [-0.2, -0.15) is 5.10 Å². The summed E-state index contributed by atoms with van der Waals surface area (Å²) in [5.41, 5.74) is 2.74. The molecular weight excluding hydrogens is 471 g/mol. The Labute approximate surface area is 207 Å². The lowest BCUT2D eigenvalue weighted by atomic mass is 9.90. The minimum atomic E-state index is -0.546. The topological polar surface area (TPSA) is 97.4 Å². The van der Waals surface area contributed by atoms with Crippen LogP contribution in [0.2, 0.25) is 0 Å². The van der Waals surface area contributed by atoms with Crippen LogP contribution in [0.5, 0.6) is 0 Å². The molecule has 1 aromatic carbocycles. The number of halogens is 1. The first-order valence-electron chi connectivity index (χ1n) is 11.6. The molecular formula is C25H29FN4O4S. The summed E-state index contributed by atoms with van der Waals surface area (Å²) in [6.07, 6.45) is 1.12. The number of nitrogens with one attached hydrogen (secondary N) is 1. The number of aromatic amines is 1. The Bertz CT molecular complexity index is 1190.